The average Bonchev–Trinajstić information content (AvgIpc) is 2.88. The minimum atomic E-state index is -0.773. The van der Waals surface area contributed by atoms with Gasteiger partial charge < -0.3 is 5.11 Å². The summed E-state index contributed by atoms with van der Waals surface area (Å²) in [4.78, 5) is 22.5. The van der Waals surface area contributed by atoms with Crippen LogP contribution in [0.4, 0.5) is 8.78 Å². The first-order chi connectivity index (χ1) is 12.0. The number of carboxylic acid groups (broad SMARTS) is 1. The van der Waals surface area contributed by atoms with Crippen molar-refractivity contribution >= 4 is 17.8 Å². The molecule has 1 aliphatic carbocycles. The topological polar surface area (TPSA) is 54.4 Å². The van der Waals surface area contributed by atoms with E-state index in [1.54, 1.807) is 6.08 Å². The summed E-state index contributed by atoms with van der Waals surface area (Å²) in [5.41, 5.74) is 0.462. The van der Waals surface area contributed by atoms with E-state index in [4.69, 9.17) is 5.11 Å². The van der Waals surface area contributed by atoms with E-state index in [9.17, 15) is 18.4 Å². The molecule has 0 aromatic heterocycles. The number of ketones is 1. The summed E-state index contributed by atoms with van der Waals surface area (Å²) in [5, 5.41) is 8.60. The Hall–Kier alpha value is -2.04. The second-order valence-corrected chi connectivity index (χ2v) is 6.68. The molecule has 2 rings (SSSR count). The fraction of sp³-hybridized carbons (Fsp3) is 0.500. The Morgan fingerprint density at radius 1 is 1.12 bits per heavy atom. The summed E-state index contributed by atoms with van der Waals surface area (Å²) < 4.78 is 26.4. The molecule has 1 aliphatic rings. The van der Waals surface area contributed by atoms with Crippen LogP contribution in [0.5, 0.6) is 0 Å². The predicted molar refractivity (Wildman–Crippen MR) is 92.0 cm³/mol. The van der Waals surface area contributed by atoms with Crippen LogP contribution in [0.1, 0.15) is 56.9 Å². The molecule has 0 spiro atoms. The van der Waals surface area contributed by atoms with Crippen LogP contribution < -0.4 is 0 Å². The van der Waals surface area contributed by atoms with Crippen LogP contribution in [0.15, 0.2) is 24.3 Å². The first-order valence-electron chi connectivity index (χ1n) is 8.84. The van der Waals surface area contributed by atoms with E-state index in [0.717, 1.165) is 38.2 Å². The number of hydrogen-bond donors (Lipinski definition) is 1. The third-order valence-electron chi connectivity index (χ3n) is 4.73. The lowest BCUT2D eigenvalue weighted by Gasteiger charge is -2.14. The molecule has 2 atom stereocenters. The van der Waals surface area contributed by atoms with Gasteiger partial charge >= 0.3 is 5.97 Å². The summed E-state index contributed by atoms with van der Waals surface area (Å²) in [6.07, 6.45) is 9.24. The zero-order chi connectivity index (χ0) is 18.2. The molecular weight excluding hydrogens is 326 g/mol. The number of halogens is 2. The summed E-state index contributed by atoms with van der Waals surface area (Å²) in [6.45, 7) is 0. The number of Topliss-reactive ketones (excluding diaryl/α,β-unsaturated/α-hetero) is 1. The van der Waals surface area contributed by atoms with Crippen molar-refractivity contribution in [2.75, 3.05) is 0 Å². The lowest BCUT2D eigenvalue weighted by Crippen LogP contribution is -2.13. The molecule has 2 unspecified atom stereocenters. The number of allylic oxidation sites excluding steroid dienone is 1. The maximum Gasteiger partial charge on any atom is 0.303 e. The van der Waals surface area contributed by atoms with Crippen LogP contribution in [0.25, 0.3) is 6.08 Å². The summed E-state index contributed by atoms with van der Waals surface area (Å²) in [5.74, 6) is -1.66. The standard InChI is InChI=1S/C20H24F2O3/c21-16-11-14(12-17(22)13-16)7-8-15-9-10-19(23)18(15)5-3-1-2-4-6-20(24)25/h7-8,11-13,15,18H,1-6,9-10H2,(H,24,25). The monoisotopic (exact) mass is 350 g/mol. The van der Waals surface area contributed by atoms with Gasteiger partial charge in [-0.25, -0.2) is 8.78 Å². The fourth-order valence-corrected chi connectivity index (χ4v) is 3.44. The van der Waals surface area contributed by atoms with Gasteiger partial charge in [0.2, 0.25) is 0 Å². The molecule has 3 nitrogen and oxygen atoms in total. The minimum absolute atomic E-state index is 0.0332. The number of rotatable bonds is 9. The minimum Gasteiger partial charge on any atom is -0.481 e. The maximum atomic E-state index is 13.2. The number of unbranched alkanes of at least 4 members (excludes halogenated alkanes) is 3. The Kier molecular flexibility index (Phi) is 7.29. The highest BCUT2D eigenvalue weighted by Crippen LogP contribution is 2.34. The molecule has 1 aromatic rings. The largest absolute Gasteiger partial charge is 0.481 e. The van der Waals surface area contributed by atoms with Gasteiger partial charge in [-0.1, -0.05) is 31.4 Å². The second-order valence-electron chi connectivity index (χ2n) is 6.68. The van der Waals surface area contributed by atoms with E-state index in [1.165, 1.54) is 12.1 Å². The number of carbonyl (C=O) groups is 2. The maximum absolute atomic E-state index is 13.2. The Labute approximate surface area is 146 Å². The Bertz CT molecular complexity index is 620. The smallest absolute Gasteiger partial charge is 0.303 e. The number of benzene rings is 1. The van der Waals surface area contributed by atoms with E-state index in [-0.39, 0.29) is 24.0 Å². The molecule has 0 heterocycles. The first kappa shape index (κ1) is 19.3. The van der Waals surface area contributed by atoms with Crippen LogP contribution in [0.2, 0.25) is 0 Å². The lowest BCUT2D eigenvalue weighted by atomic mass is 9.89. The normalized spacial score (nSPS) is 20.5. The molecule has 1 aromatic carbocycles. The van der Waals surface area contributed by atoms with Crippen LogP contribution in [0.3, 0.4) is 0 Å². The van der Waals surface area contributed by atoms with Gasteiger partial charge in [-0.05, 0) is 42.9 Å². The van der Waals surface area contributed by atoms with Crippen LogP contribution in [-0.4, -0.2) is 16.9 Å². The van der Waals surface area contributed by atoms with Gasteiger partial charge in [-0.15, -0.1) is 0 Å². The Morgan fingerprint density at radius 3 is 2.48 bits per heavy atom. The fourth-order valence-electron chi connectivity index (χ4n) is 3.44. The molecule has 0 radical (unpaired) electrons. The Balaban J connectivity index is 1.84. The van der Waals surface area contributed by atoms with Crippen molar-refractivity contribution in [1.29, 1.82) is 0 Å². The first-order valence-corrected chi connectivity index (χ1v) is 8.84. The molecule has 5 heteroatoms. The summed E-state index contributed by atoms with van der Waals surface area (Å²) in [6, 6.07) is 3.38. The van der Waals surface area contributed by atoms with E-state index < -0.39 is 17.6 Å². The molecule has 1 N–H and O–H groups in total. The van der Waals surface area contributed by atoms with Crippen molar-refractivity contribution in [3.8, 4) is 0 Å². The van der Waals surface area contributed by atoms with Gasteiger partial charge in [0.15, 0.2) is 0 Å². The van der Waals surface area contributed by atoms with E-state index in [0.29, 0.717) is 18.4 Å². The highest BCUT2D eigenvalue weighted by atomic mass is 19.1. The van der Waals surface area contributed by atoms with E-state index in [2.05, 4.69) is 0 Å². The molecule has 0 amide bonds. The number of carboxylic acids is 1. The van der Waals surface area contributed by atoms with Crippen LogP contribution in [-0.2, 0) is 9.59 Å². The van der Waals surface area contributed by atoms with Crippen molar-refractivity contribution in [3.05, 3.63) is 41.5 Å². The molecule has 0 aliphatic heterocycles. The van der Waals surface area contributed by atoms with Crippen molar-refractivity contribution in [3.63, 3.8) is 0 Å². The number of aliphatic carboxylic acids is 1. The third-order valence-corrected chi connectivity index (χ3v) is 4.73. The van der Waals surface area contributed by atoms with Gasteiger partial charge in [-0.3, -0.25) is 9.59 Å². The SMILES string of the molecule is O=C(O)CCCCCCC1C(=O)CCC1C=Cc1cc(F)cc(F)c1. The zero-order valence-electron chi connectivity index (χ0n) is 14.2. The quantitative estimate of drug-likeness (QED) is 0.638. The van der Waals surface area contributed by atoms with Crippen molar-refractivity contribution in [2.24, 2.45) is 11.8 Å². The average molecular weight is 350 g/mol. The molecule has 0 bridgehead atoms. The van der Waals surface area contributed by atoms with Crippen molar-refractivity contribution in [1.82, 2.24) is 0 Å². The summed E-state index contributed by atoms with van der Waals surface area (Å²) >= 11 is 0. The van der Waals surface area contributed by atoms with Gasteiger partial charge in [0.1, 0.15) is 17.4 Å². The predicted octanol–water partition coefficient (Wildman–Crippen LogP) is 5.00. The Morgan fingerprint density at radius 2 is 1.80 bits per heavy atom. The number of hydrogen-bond acceptors (Lipinski definition) is 2. The van der Waals surface area contributed by atoms with Crippen LogP contribution in [0, 0.1) is 23.5 Å². The zero-order valence-corrected chi connectivity index (χ0v) is 14.2. The van der Waals surface area contributed by atoms with Gasteiger partial charge in [0, 0.05) is 24.8 Å². The van der Waals surface area contributed by atoms with Crippen LogP contribution >= 0.6 is 0 Å². The van der Waals surface area contributed by atoms with E-state index >= 15 is 0 Å². The van der Waals surface area contributed by atoms with Crippen molar-refractivity contribution < 1.29 is 23.5 Å². The summed E-state index contributed by atoms with van der Waals surface area (Å²) in [7, 11) is 0. The molecule has 1 fully saturated rings. The van der Waals surface area contributed by atoms with Crippen molar-refractivity contribution in [2.45, 2.75) is 51.4 Å². The lowest BCUT2D eigenvalue weighted by molar-refractivity contribution is -0.137. The second kappa shape index (κ2) is 9.44. The molecule has 1 saturated carbocycles. The highest BCUT2D eigenvalue weighted by molar-refractivity contribution is 5.83. The third kappa shape index (κ3) is 6.40. The van der Waals surface area contributed by atoms with Gasteiger partial charge in [-0.2, -0.15) is 0 Å². The highest BCUT2D eigenvalue weighted by Gasteiger charge is 2.32. The molecule has 136 valence electrons. The van der Waals surface area contributed by atoms with E-state index in [1.807, 2.05) is 6.08 Å². The molecular formula is C20H24F2O3. The molecule has 0 saturated heterocycles. The van der Waals surface area contributed by atoms with Gasteiger partial charge in [0.25, 0.3) is 0 Å². The molecule has 25 heavy (non-hydrogen) atoms. The number of carbonyl (C=O) groups excluding carboxylic acids is 1. The van der Waals surface area contributed by atoms with Gasteiger partial charge in [0.05, 0.1) is 0 Å².